The number of hydrogen-bond acceptors (Lipinski definition) is 2. The molecule has 0 amide bonds. The molecule has 1 N–H and O–H groups in total. The lowest BCUT2D eigenvalue weighted by molar-refractivity contribution is 0.482. The van der Waals surface area contributed by atoms with Crippen LogP contribution in [0.3, 0.4) is 0 Å². The van der Waals surface area contributed by atoms with Gasteiger partial charge in [0, 0.05) is 11.1 Å². The average Bonchev–Trinajstić information content (AvgIpc) is 2.42. The summed E-state index contributed by atoms with van der Waals surface area (Å²) in [4.78, 5) is 0. The van der Waals surface area contributed by atoms with Crippen LogP contribution in [0.1, 0.15) is 18.5 Å². The topological polar surface area (TPSA) is 21.3 Å². The maximum Gasteiger partial charge on any atom is 0.146 e. The summed E-state index contributed by atoms with van der Waals surface area (Å²) in [5.74, 6) is 1.34. The first-order valence-corrected chi connectivity index (χ1v) is 6.76. The van der Waals surface area contributed by atoms with Gasteiger partial charge in [0.2, 0.25) is 0 Å². The lowest BCUT2D eigenvalue weighted by Crippen LogP contribution is -2.12. The lowest BCUT2D eigenvalue weighted by atomic mass is 10.1. The third kappa shape index (κ3) is 3.63. The maximum atomic E-state index is 6.23. The van der Waals surface area contributed by atoms with Crippen molar-refractivity contribution in [3.05, 3.63) is 58.1 Å². The van der Waals surface area contributed by atoms with Gasteiger partial charge < -0.3 is 10.1 Å². The molecule has 1 unspecified atom stereocenters. The normalized spacial score (nSPS) is 12.2. The molecule has 2 rings (SSSR count). The van der Waals surface area contributed by atoms with Gasteiger partial charge in [-0.1, -0.05) is 29.3 Å². The van der Waals surface area contributed by atoms with Gasteiger partial charge in [0.1, 0.15) is 11.5 Å². The van der Waals surface area contributed by atoms with Crippen molar-refractivity contribution < 1.29 is 4.74 Å². The van der Waals surface area contributed by atoms with Gasteiger partial charge in [-0.15, -0.1) is 0 Å². The highest BCUT2D eigenvalue weighted by atomic mass is 35.5. The second-order valence-electron chi connectivity index (χ2n) is 4.26. The van der Waals surface area contributed by atoms with Gasteiger partial charge in [0.15, 0.2) is 0 Å². The number of ether oxygens (including phenoxy) is 1. The largest absolute Gasteiger partial charge is 0.456 e. The van der Waals surface area contributed by atoms with Gasteiger partial charge in [-0.05, 0) is 55.9 Å². The molecule has 100 valence electrons. The molecule has 0 radical (unpaired) electrons. The summed E-state index contributed by atoms with van der Waals surface area (Å²) in [5, 5.41) is 4.44. The molecule has 0 saturated carbocycles. The predicted octanol–water partition coefficient (Wildman–Crippen LogP) is 5.07. The van der Waals surface area contributed by atoms with E-state index in [-0.39, 0.29) is 6.04 Å². The summed E-state index contributed by atoms with van der Waals surface area (Å²) in [6.07, 6.45) is 0. The van der Waals surface area contributed by atoms with E-state index < -0.39 is 0 Å². The van der Waals surface area contributed by atoms with E-state index in [0.29, 0.717) is 21.5 Å². The van der Waals surface area contributed by atoms with E-state index in [2.05, 4.69) is 12.2 Å². The minimum Gasteiger partial charge on any atom is -0.456 e. The summed E-state index contributed by atoms with van der Waals surface area (Å²) in [7, 11) is 1.91. The Morgan fingerprint density at radius 2 is 1.74 bits per heavy atom. The third-order valence-corrected chi connectivity index (χ3v) is 3.48. The minimum absolute atomic E-state index is 0.252. The van der Waals surface area contributed by atoms with Crippen LogP contribution in [0.4, 0.5) is 0 Å². The molecule has 0 aliphatic carbocycles. The monoisotopic (exact) mass is 295 g/mol. The molecule has 0 bridgehead atoms. The Hall–Kier alpha value is -1.22. The molecule has 19 heavy (non-hydrogen) atoms. The van der Waals surface area contributed by atoms with Crippen molar-refractivity contribution in [2.24, 2.45) is 0 Å². The standard InChI is InChI=1S/C15H15Cl2NO/c1-10(18-2)11-3-8-15(14(17)9-11)19-13-6-4-12(16)5-7-13/h3-10,18H,1-2H3. The van der Waals surface area contributed by atoms with Crippen molar-refractivity contribution in [3.63, 3.8) is 0 Å². The molecule has 0 fully saturated rings. The molecule has 0 heterocycles. The molecule has 0 spiro atoms. The van der Waals surface area contributed by atoms with Gasteiger partial charge in [-0.3, -0.25) is 0 Å². The Bertz CT molecular complexity index is 555. The highest BCUT2D eigenvalue weighted by molar-refractivity contribution is 6.32. The fourth-order valence-electron chi connectivity index (χ4n) is 1.67. The number of benzene rings is 2. The van der Waals surface area contributed by atoms with Gasteiger partial charge in [-0.25, -0.2) is 0 Å². The fraction of sp³-hybridized carbons (Fsp3) is 0.200. The van der Waals surface area contributed by atoms with Crippen LogP contribution < -0.4 is 10.1 Å². The van der Waals surface area contributed by atoms with Gasteiger partial charge in [-0.2, -0.15) is 0 Å². The molecule has 0 aliphatic heterocycles. The predicted molar refractivity (Wildman–Crippen MR) is 80.5 cm³/mol. The second kappa shape index (κ2) is 6.29. The zero-order valence-corrected chi connectivity index (χ0v) is 12.3. The molecule has 2 aromatic carbocycles. The zero-order chi connectivity index (χ0) is 13.8. The summed E-state index contributed by atoms with van der Waals surface area (Å²) < 4.78 is 5.72. The fourth-order valence-corrected chi connectivity index (χ4v) is 2.02. The number of rotatable bonds is 4. The quantitative estimate of drug-likeness (QED) is 0.850. The van der Waals surface area contributed by atoms with E-state index >= 15 is 0 Å². The first-order valence-electron chi connectivity index (χ1n) is 6.00. The summed E-state index contributed by atoms with van der Waals surface area (Å²) >= 11 is 12.1. The zero-order valence-electron chi connectivity index (χ0n) is 10.8. The highest BCUT2D eigenvalue weighted by Crippen LogP contribution is 2.32. The summed E-state index contributed by atoms with van der Waals surface area (Å²) in [6, 6.07) is 13.2. The van der Waals surface area contributed by atoms with Crippen LogP contribution in [0.25, 0.3) is 0 Å². The van der Waals surface area contributed by atoms with Crippen molar-refractivity contribution in [1.82, 2.24) is 5.32 Å². The van der Waals surface area contributed by atoms with Gasteiger partial charge >= 0.3 is 0 Å². The van der Waals surface area contributed by atoms with E-state index in [1.165, 1.54) is 0 Å². The molecule has 2 nitrogen and oxygen atoms in total. The Morgan fingerprint density at radius 3 is 2.32 bits per heavy atom. The highest BCUT2D eigenvalue weighted by Gasteiger charge is 2.08. The van der Waals surface area contributed by atoms with Gasteiger partial charge in [0.05, 0.1) is 5.02 Å². The molecule has 0 aromatic heterocycles. The summed E-state index contributed by atoms with van der Waals surface area (Å²) in [5.41, 5.74) is 1.12. The van der Waals surface area contributed by atoms with Crippen molar-refractivity contribution in [1.29, 1.82) is 0 Å². The molecule has 0 aliphatic rings. The van der Waals surface area contributed by atoms with Crippen LogP contribution in [0.2, 0.25) is 10.0 Å². The van der Waals surface area contributed by atoms with Crippen LogP contribution in [-0.4, -0.2) is 7.05 Å². The van der Waals surface area contributed by atoms with E-state index in [9.17, 15) is 0 Å². The first kappa shape index (κ1) is 14.2. The maximum absolute atomic E-state index is 6.23. The summed E-state index contributed by atoms with van der Waals surface area (Å²) in [6.45, 7) is 2.07. The van der Waals surface area contributed by atoms with E-state index in [1.807, 2.05) is 37.4 Å². The minimum atomic E-state index is 0.252. The van der Waals surface area contributed by atoms with E-state index in [4.69, 9.17) is 27.9 Å². The Balaban J connectivity index is 2.19. The third-order valence-electron chi connectivity index (χ3n) is 2.93. The first-order chi connectivity index (χ1) is 9.10. The van der Waals surface area contributed by atoms with Crippen molar-refractivity contribution in [2.75, 3.05) is 7.05 Å². The molecule has 2 aromatic rings. The second-order valence-corrected chi connectivity index (χ2v) is 5.10. The van der Waals surface area contributed by atoms with Crippen LogP contribution in [-0.2, 0) is 0 Å². The van der Waals surface area contributed by atoms with Crippen molar-refractivity contribution in [3.8, 4) is 11.5 Å². The molecular weight excluding hydrogens is 281 g/mol. The van der Waals surface area contributed by atoms with E-state index in [0.717, 1.165) is 5.56 Å². The van der Waals surface area contributed by atoms with Crippen LogP contribution >= 0.6 is 23.2 Å². The molecular formula is C15H15Cl2NO. The number of nitrogens with one attached hydrogen (secondary N) is 1. The molecule has 0 saturated heterocycles. The average molecular weight is 296 g/mol. The smallest absolute Gasteiger partial charge is 0.146 e. The van der Waals surface area contributed by atoms with Crippen LogP contribution in [0.15, 0.2) is 42.5 Å². The Labute approximate surface area is 123 Å². The number of hydrogen-bond donors (Lipinski definition) is 1. The SMILES string of the molecule is CNC(C)c1ccc(Oc2ccc(Cl)cc2)c(Cl)c1. The van der Waals surface area contributed by atoms with Crippen molar-refractivity contribution in [2.45, 2.75) is 13.0 Å². The molecule has 4 heteroatoms. The van der Waals surface area contributed by atoms with Crippen molar-refractivity contribution >= 4 is 23.2 Å². The lowest BCUT2D eigenvalue weighted by Gasteiger charge is -2.13. The van der Waals surface area contributed by atoms with E-state index in [1.54, 1.807) is 12.1 Å². The Morgan fingerprint density at radius 1 is 1.05 bits per heavy atom. The molecule has 1 atom stereocenters. The van der Waals surface area contributed by atoms with Crippen LogP contribution in [0.5, 0.6) is 11.5 Å². The van der Waals surface area contributed by atoms with Gasteiger partial charge in [0.25, 0.3) is 0 Å². The number of halogens is 2. The van der Waals surface area contributed by atoms with Crippen LogP contribution in [0, 0.1) is 0 Å². The Kier molecular flexibility index (Phi) is 4.70.